The van der Waals surface area contributed by atoms with Gasteiger partial charge in [0.05, 0.1) is 6.61 Å². The van der Waals surface area contributed by atoms with E-state index in [4.69, 9.17) is 26.8 Å². The van der Waals surface area contributed by atoms with Crippen LogP contribution < -0.4 is 0 Å². The summed E-state index contributed by atoms with van der Waals surface area (Å²) in [5.41, 5.74) is 0. The summed E-state index contributed by atoms with van der Waals surface area (Å²) in [4.78, 5) is 11.0. The Bertz CT molecular complexity index is 525. The quantitative estimate of drug-likeness (QED) is 0.172. The zero-order valence-corrected chi connectivity index (χ0v) is 16.2. The number of ether oxygens (including phenoxy) is 1. The van der Waals surface area contributed by atoms with Gasteiger partial charge in [0.1, 0.15) is 0 Å². The molecule has 0 rings (SSSR count). The van der Waals surface area contributed by atoms with E-state index in [1.54, 1.807) is 0 Å². The molecule has 0 saturated carbocycles. The molecule has 0 aromatic heterocycles. The van der Waals surface area contributed by atoms with Gasteiger partial charge in [-0.15, -0.1) is 0 Å². The first-order chi connectivity index (χ1) is 11.5. The standard InChI is InChI=1S/C14H28O5S.Na.H2O4S.H/c1-2-3-4-5-6-7-8-9-10-11-12-19-14(15)13-20(16,17)18;;1-5(2,3)4;/h2-13H2,1H3,(H,16,17,18);;(H2,1,2,3,4);. The van der Waals surface area contributed by atoms with E-state index >= 15 is 0 Å². The van der Waals surface area contributed by atoms with Crippen LogP contribution in [-0.2, 0) is 30.0 Å². The second kappa shape index (κ2) is 18.6. The molecule has 0 saturated heterocycles. The van der Waals surface area contributed by atoms with Crippen molar-refractivity contribution in [2.45, 2.75) is 71.1 Å². The van der Waals surface area contributed by atoms with Gasteiger partial charge in [0.2, 0.25) is 0 Å². The molecule has 0 aromatic carbocycles. The molecule has 12 heteroatoms. The van der Waals surface area contributed by atoms with Gasteiger partial charge in [-0.2, -0.15) is 16.8 Å². The number of carbonyl (C=O) groups is 1. The first-order valence-electron chi connectivity index (χ1n) is 8.26. The molecule has 0 atom stereocenters. The first kappa shape index (κ1) is 31.0. The molecule has 3 N–H and O–H groups in total. The molecule has 0 amide bonds. The minimum absolute atomic E-state index is 0. The van der Waals surface area contributed by atoms with E-state index in [-0.39, 0.29) is 36.2 Å². The van der Waals surface area contributed by atoms with Gasteiger partial charge in [-0.3, -0.25) is 18.5 Å². The Morgan fingerprint density at radius 3 is 1.46 bits per heavy atom. The fraction of sp³-hybridized carbons (Fsp3) is 0.929. The fourth-order valence-corrected chi connectivity index (χ4v) is 2.35. The summed E-state index contributed by atoms with van der Waals surface area (Å²) in [7, 11) is -8.93. The van der Waals surface area contributed by atoms with Crippen LogP contribution in [-0.4, -0.2) is 78.4 Å². The van der Waals surface area contributed by atoms with Gasteiger partial charge < -0.3 is 4.74 Å². The SMILES string of the molecule is CCCCCCCCCCCCOC(=O)CS(=O)(=O)O.O=S(=O)(O)O.[NaH]. The van der Waals surface area contributed by atoms with Crippen LogP contribution in [0.2, 0.25) is 0 Å². The van der Waals surface area contributed by atoms with Crippen molar-refractivity contribution in [2.75, 3.05) is 12.4 Å². The number of rotatable bonds is 13. The maximum absolute atomic E-state index is 11.0. The molecular weight excluding hydrogens is 399 g/mol. The molecule has 26 heavy (non-hydrogen) atoms. The molecule has 9 nitrogen and oxygen atoms in total. The van der Waals surface area contributed by atoms with Gasteiger partial charge in [0, 0.05) is 0 Å². The van der Waals surface area contributed by atoms with E-state index in [1.165, 1.54) is 44.9 Å². The number of unbranched alkanes of at least 4 members (excludes halogenated alkanes) is 9. The van der Waals surface area contributed by atoms with Crippen LogP contribution in [0.3, 0.4) is 0 Å². The van der Waals surface area contributed by atoms with Gasteiger partial charge in [-0.1, -0.05) is 64.7 Å². The summed E-state index contributed by atoms with van der Waals surface area (Å²) in [6.07, 6.45) is 11.8. The zero-order valence-electron chi connectivity index (χ0n) is 14.6. The number of carbonyl (C=O) groups excluding carboxylic acids is 1. The van der Waals surface area contributed by atoms with Crippen LogP contribution in [0.4, 0.5) is 0 Å². The van der Waals surface area contributed by atoms with Gasteiger partial charge in [0.15, 0.2) is 5.75 Å². The van der Waals surface area contributed by atoms with E-state index < -0.39 is 32.2 Å². The third-order valence-corrected chi connectivity index (χ3v) is 3.66. The summed E-state index contributed by atoms with van der Waals surface area (Å²) < 4.78 is 65.5. The van der Waals surface area contributed by atoms with E-state index in [1.807, 2.05) is 0 Å². The van der Waals surface area contributed by atoms with Crippen molar-refractivity contribution in [3.8, 4) is 0 Å². The average molecular weight is 431 g/mol. The van der Waals surface area contributed by atoms with Crippen molar-refractivity contribution >= 4 is 56.0 Å². The molecule has 154 valence electrons. The van der Waals surface area contributed by atoms with Gasteiger partial charge in [0.25, 0.3) is 10.1 Å². The van der Waals surface area contributed by atoms with E-state index in [0.29, 0.717) is 0 Å². The van der Waals surface area contributed by atoms with Crippen molar-refractivity contribution in [3.05, 3.63) is 0 Å². The predicted octanol–water partition coefficient (Wildman–Crippen LogP) is 2.04. The van der Waals surface area contributed by atoms with Crippen LogP contribution in [0.5, 0.6) is 0 Å². The third kappa shape index (κ3) is 39.4. The molecule has 0 bridgehead atoms. The molecule has 0 aliphatic carbocycles. The Labute approximate surface area is 178 Å². The molecule has 0 heterocycles. The van der Waals surface area contributed by atoms with Crippen molar-refractivity contribution in [1.82, 2.24) is 0 Å². The summed E-state index contributed by atoms with van der Waals surface area (Å²) in [5.74, 6) is -1.84. The Balaban J connectivity index is -0.000000772. The van der Waals surface area contributed by atoms with E-state index in [0.717, 1.165) is 19.3 Å². The topological polar surface area (TPSA) is 155 Å². The first-order valence-corrected chi connectivity index (χ1v) is 11.3. The third-order valence-electron chi connectivity index (χ3n) is 3.06. The molecule has 0 spiro atoms. The Morgan fingerprint density at radius 1 is 0.769 bits per heavy atom. The monoisotopic (exact) mass is 430 g/mol. The van der Waals surface area contributed by atoms with Crippen LogP contribution in [0.25, 0.3) is 0 Å². The molecule has 0 radical (unpaired) electrons. The summed E-state index contributed by atoms with van der Waals surface area (Å²) in [6.45, 7) is 2.44. The Hall–Kier alpha value is 0.250. The van der Waals surface area contributed by atoms with Crippen molar-refractivity contribution in [3.63, 3.8) is 0 Å². The Morgan fingerprint density at radius 2 is 1.12 bits per heavy atom. The molecule has 0 aliphatic heterocycles. The molecule has 0 fully saturated rings. The second-order valence-electron chi connectivity index (χ2n) is 5.58. The van der Waals surface area contributed by atoms with Crippen LogP contribution in [0.1, 0.15) is 71.1 Å². The normalized spacial score (nSPS) is 11.1. The molecule has 0 aromatic rings. The molecule has 0 unspecified atom stereocenters. The van der Waals surface area contributed by atoms with Gasteiger partial charge >= 0.3 is 45.9 Å². The van der Waals surface area contributed by atoms with Crippen LogP contribution >= 0.6 is 0 Å². The second-order valence-corrected chi connectivity index (χ2v) is 7.92. The number of hydrogen-bond donors (Lipinski definition) is 3. The van der Waals surface area contributed by atoms with Crippen molar-refractivity contribution < 1.29 is 40.0 Å². The molecule has 0 aliphatic rings. The van der Waals surface area contributed by atoms with Crippen molar-refractivity contribution in [1.29, 1.82) is 0 Å². The van der Waals surface area contributed by atoms with Crippen LogP contribution in [0, 0.1) is 0 Å². The predicted molar refractivity (Wildman–Crippen MR) is 101 cm³/mol. The maximum atomic E-state index is 11.0. The van der Waals surface area contributed by atoms with E-state index in [2.05, 4.69) is 6.92 Å². The number of esters is 1. The zero-order chi connectivity index (χ0) is 19.8. The average Bonchev–Trinajstić information content (AvgIpc) is 2.41. The minimum atomic E-state index is -4.67. The summed E-state index contributed by atoms with van der Waals surface area (Å²) in [6, 6.07) is 0. The van der Waals surface area contributed by atoms with Gasteiger partial charge in [-0.05, 0) is 6.42 Å². The van der Waals surface area contributed by atoms with E-state index in [9.17, 15) is 13.2 Å². The van der Waals surface area contributed by atoms with Gasteiger partial charge in [-0.25, -0.2) is 0 Å². The summed E-state index contributed by atoms with van der Waals surface area (Å²) >= 11 is 0. The van der Waals surface area contributed by atoms with Crippen LogP contribution in [0.15, 0.2) is 0 Å². The Kier molecular flexibility index (Phi) is 22.2. The molecular formula is C14H31NaO9S2. The summed E-state index contributed by atoms with van der Waals surface area (Å²) in [5, 5.41) is 0. The fourth-order valence-electron chi connectivity index (χ4n) is 1.97. The van der Waals surface area contributed by atoms with Crippen molar-refractivity contribution in [2.24, 2.45) is 0 Å². The number of hydrogen-bond acceptors (Lipinski definition) is 6.